The number of ether oxygens (including phenoxy) is 3. The number of nitrogens with zero attached hydrogens (tertiary/aromatic N) is 3. The molecule has 0 N–H and O–H groups in total. The molecule has 0 spiro atoms. The summed E-state index contributed by atoms with van der Waals surface area (Å²) in [5.74, 6) is -0.478. The number of anilines is 1. The van der Waals surface area contributed by atoms with E-state index < -0.39 is 11.9 Å². The summed E-state index contributed by atoms with van der Waals surface area (Å²) in [7, 11) is 0. The highest BCUT2D eigenvalue weighted by Crippen LogP contribution is 2.45. The van der Waals surface area contributed by atoms with Crippen LogP contribution in [-0.2, 0) is 25.5 Å². The fourth-order valence-electron chi connectivity index (χ4n) is 4.84. The predicted octanol–water partition coefficient (Wildman–Crippen LogP) is 3.26. The first-order valence-electron chi connectivity index (χ1n) is 11.6. The van der Waals surface area contributed by atoms with Crippen molar-refractivity contribution in [2.75, 3.05) is 31.3 Å². The van der Waals surface area contributed by atoms with Crippen LogP contribution >= 0.6 is 0 Å². The van der Waals surface area contributed by atoms with Gasteiger partial charge >= 0.3 is 5.97 Å². The number of fused-ring (bicyclic) bond motifs is 4. The molecule has 0 amide bonds. The first kappa shape index (κ1) is 22.0. The number of rotatable bonds is 6. The van der Waals surface area contributed by atoms with Gasteiger partial charge in [0, 0.05) is 31.1 Å². The Morgan fingerprint density at radius 2 is 1.91 bits per heavy atom. The second-order valence-electron chi connectivity index (χ2n) is 8.35. The number of carbonyl (C=O) groups excluding carboxylic acids is 1. The molecular formula is C26H27N3O5. The molecule has 8 heteroatoms. The number of carbonyl (C=O) groups is 1. The van der Waals surface area contributed by atoms with Gasteiger partial charge in [-0.2, -0.15) is 0 Å². The molecule has 0 saturated heterocycles. The number of benzene rings is 1. The summed E-state index contributed by atoms with van der Waals surface area (Å²) >= 11 is 0. The van der Waals surface area contributed by atoms with Gasteiger partial charge in [-0.05, 0) is 31.5 Å². The van der Waals surface area contributed by atoms with E-state index in [1.165, 1.54) is 4.40 Å². The third-order valence-electron chi connectivity index (χ3n) is 6.23. The predicted molar refractivity (Wildman–Crippen MR) is 126 cm³/mol. The second-order valence-corrected chi connectivity index (χ2v) is 8.35. The quantitative estimate of drug-likeness (QED) is 0.521. The Kier molecular flexibility index (Phi) is 5.96. The van der Waals surface area contributed by atoms with Crippen molar-refractivity contribution in [3.8, 4) is 0 Å². The topological polar surface area (TPSA) is 82.4 Å². The number of hydrogen-bond acceptors (Lipinski definition) is 7. The van der Waals surface area contributed by atoms with Gasteiger partial charge in [-0.1, -0.05) is 36.4 Å². The molecule has 8 nitrogen and oxygen atoms in total. The third kappa shape index (κ3) is 3.79. The number of pyridine rings is 1. The first-order valence-corrected chi connectivity index (χ1v) is 11.6. The third-order valence-corrected chi connectivity index (χ3v) is 6.23. The van der Waals surface area contributed by atoms with Crippen LogP contribution in [0.5, 0.6) is 0 Å². The zero-order valence-electron chi connectivity index (χ0n) is 19.3. The first-order chi connectivity index (χ1) is 16.6. The normalized spacial score (nSPS) is 19.3. The van der Waals surface area contributed by atoms with Crippen LogP contribution in [0.4, 0.5) is 5.82 Å². The Morgan fingerprint density at radius 3 is 2.68 bits per heavy atom. The number of aromatic nitrogens is 2. The lowest BCUT2D eigenvalue weighted by Gasteiger charge is -2.42. The largest absolute Gasteiger partial charge is 0.465 e. The van der Waals surface area contributed by atoms with Crippen molar-refractivity contribution in [1.29, 1.82) is 0 Å². The number of esters is 1. The van der Waals surface area contributed by atoms with E-state index in [0.29, 0.717) is 43.3 Å². The van der Waals surface area contributed by atoms with Crippen LogP contribution in [-0.4, -0.2) is 41.7 Å². The summed E-state index contributed by atoms with van der Waals surface area (Å²) in [6, 6.07) is 15.5. The highest BCUT2D eigenvalue weighted by molar-refractivity contribution is 5.91. The average Bonchev–Trinajstić information content (AvgIpc) is 2.85. The molecule has 0 fully saturated rings. The fourth-order valence-corrected chi connectivity index (χ4v) is 4.84. The Bertz CT molecular complexity index is 1300. The zero-order valence-corrected chi connectivity index (χ0v) is 19.3. The molecule has 0 saturated carbocycles. The molecule has 2 aromatic heterocycles. The van der Waals surface area contributed by atoms with Crippen LogP contribution < -0.4 is 10.5 Å². The molecule has 5 rings (SSSR count). The van der Waals surface area contributed by atoms with Gasteiger partial charge in [0.05, 0.1) is 25.4 Å². The lowest BCUT2D eigenvalue weighted by Crippen LogP contribution is -2.47. The molecule has 1 aromatic carbocycles. The molecule has 0 bridgehead atoms. The van der Waals surface area contributed by atoms with Crippen LogP contribution in [0.2, 0.25) is 0 Å². The van der Waals surface area contributed by atoms with E-state index in [0.717, 1.165) is 5.56 Å². The Hall–Kier alpha value is -3.81. The van der Waals surface area contributed by atoms with Crippen molar-refractivity contribution in [3.63, 3.8) is 0 Å². The van der Waals surface area contributed by atoms with Gasteiger partial charge in [-0.25, -0.2) is 9.78 Å². The van der Waals surface area contributed by atoms with Crippen LogP contribution in [0.25, 0.3) is 5.65 Å². The minimum absolute atomic E-state index is 0.141. The van der Waals surface area contributed by atoms with Crippen molar-refractivity contribution >= 4 is 17.4 Å². The van der Waals surface area contributed by atoms with Crippen LogP contribution in [0.1, 0.15) is 30.9 Å². The minimum Gasteiger partial charge on any atom is -0.465 e. The Labute approximate surface area is 197 Å². The van der Waals surface area contributed by atoms with E-state index in [9.17, 15) is 9.59 Å². The van der Waals surface area contributed by atoms with E-state index in [-0.39, 0.29) is 29.6 Å². The summed E-state index contributed by atoms with van der Waals surface area (Å²) in [5.41, 5.74) is 2.19. The monoisotopic (exact) mass is 461 g/mol. The van der Waals surface area contributed by atoms with Gasteiger partial charge < -0.3 is 19.1 Å². The van der Waals surface area contributed by atoms with Crippen molar-refractivity contribution < 1.29 is 19.0 Å². The molecule has 2 aliphatic rings. The van der Waals surface area contributed by atoms with Crippen molar-refractivity contribution in [1.82, 2.24) is 9.38 Å². The molecular weight excluding hydrogens is 434 g/mol. The van der Waals surface area contributed by atoms with E-state index in [4.69, 9.17) is 19.2 Å². The fraction of sp³-hybridized carbons (Fsp3) is 0.346. The van der Waals surface area contributed by atoms with E-state index in [1.54, 1.807) is 19.2 Å². The summed E-state index contributed by atoms with van der Waals surface area (Å²) in [4.78, 5) is 34.0. The van der Waals surface area contributed by atoms with E-state index >= 15 is 0 Å². The molecule has 34 heavy (non-hydrogen) atoms. The van der Waals surface area contributed by atoms with E-state index in [1.807, 2.05) is 49.4 Å². The smallest absolute Gasteiger partial charge is 0.341 e. The van der Waals surface area contributed by atoms with Gasteiger partial charge in [0.25, 0.3) is 11.5 Å². The standard InChI is InChI=1S/C26H27N3O5/c1-3-32-25(31)22-20-18(16-34-26(22)33-4-2)15-28(14-17-10-6-5-7-11-17)23-21(20)24(30)29-13-9-8-12-19(29)27-23/h5-13,18,20H,3-4,14-16H2,1-2H3/t18-,20+/m0/s1. The lowest BCUT2D eigenvalue weighted by molar-refractivity contribution is -0.141. The maximum atomic E-state index is 13.9. The molecule has 0 radical (unpaired) electrons. The van der Waals surface area contributed by atoms with Crippen molar-refractivity contribution in [2.45, 2.75) is 26.3 Å². The van der Waals surface area contributed by atoms with Gasteiger partial charge in [-0.15, -0.1) is 0 Å². The summed E-state index contributed by atoms with van der Waals surface area (Å²) < 4.78 is 18.5. The van der Waals surface area contributed by atoms with Gasteiger partial charge in [0.15, 0.2) is 0 Å². The molecule has 4 heterocycles. The van der Waals surface area contributed by atoms with E-state index in [2.05, 4.69) is 4.90 Å². The molecule has 0 aliphatic carbocycles. The molecule has 2 aliphatic heterocycles. The SMILES string of the molecule is CCOC(=O)C1=C(OCC)OC[C@@H]2CN(Cc3ccccc3)c3nc4ccccn4c(=O)c3[C@H]12. The van der Waals surface area contributed by atoms with Gasteiger partial charge in [0.1, 0.15) is 17.0 Å². The van der Waals surface area contributed by atoms with Crippen LogP contribution in [0, 0.1) is 5.92 Å². The van der Waals surface area contributed by atoms with Gasteiger partial charge in [0.2, 0.25) is 0 Å². The molecule has 176 valence electrons. The lowest BCUT2D eigenvalue weighted by atomic mass is 9.77. The van der Waals surface area contributed by atoms with Crippen LogP contribution in [0.15, 0.2) is 71.0 Å². The highest BCUT2D eigenvalue weighted by Gasteiger charge is 2.47. The Balaban J connectivity index is 1.72. The van der Waals surface area contributed by atoms with Crippen LogP contribution in [0.3, 0.4) is 0 Å². The van der Waals surface area contributed by atoms with Crippen molar-refractivity contribution in [3.05, 3.63) is 87.7 Å². The average molecular weight is 462 g/mol. The molecule has 2 atom stereocenters. The maximum Gasteiger partial charge on any atom is 0.341 e. The number of hydrogen-bond donors (Lipinski definition) is 0. The summed E-state index contributed by atoms with van der Waals surface area (Å²) in [5, 5.41) is 0. The van der Waals surface area contributed by atoms with Crippen molar-refractivity contribution in [2.24, 2.45) is 5.92 Å². The molecule has 3 aromatic rings. The highest BCUT2D eigenvalue weighted by atomic mass is 16.7. The van der Waals surface area contributed by atoms with Gasteiger partial charge in [-0.3, -0.25) is 9.20 Å². The maximum absolute atomic E-state index is 13.9. The minimum atomic E-state index is -0.534. The second kappa shape index (κ2) is 9.21. The Morgan fingerprint density at radius 1 is 1.12 bits per heavy atom. The zero-order chi connectivity index (χ0) is 23.7. The summed E-state index contributed by atoms with van der Waals surface area (Å²) in [6.07, 6.45) is 1.70. The summed E-state index contributed by atoms with van der Waals surface area (Å²) in [6.45, 7) is 5.60. The molecule has 0 unspecified atom stereocenters.